The Balaban J connectivity index is 1.88. The van der Waals surface area contributed by atoms with Crippen LogP contribution in [-0.4, -0.2) is 5.91 Å². The van der Waals surface area contributed by atoms with Gasteiger partial charge in [-0.15, -0.1) is 0 Å². The third-order valence-corrected chi connectivity index (χ3v) is 5.69. The van der Waals surface area contributed by atoms with E-state index in [0.29, 0.717) is 5.56 Å². The smallest absolute Gasteiger partial charge is 0.255 e. The molecule has 33 heavy (non-hydrogen) atoms. The Morgan fingerprint density at radius 1 is 0.788 bits per heavy atom. The summed E-state index contributed by atoms with van der Waals surface area (Å²) in [5, 5.41) is 3.10. The minimum Gasteiger partial charge on any atom is -0.321 e. The van der Waals surface area contributed by atoms with Crippen LogP contribution in [0.25, 0.3) is 16.7 Å². The molecule has 2 nitrogen and oxygen atoms in total. The molecule has 164 valence electrons. The third-order valence-electron chi connectivity index (χ3n) is 5.69. The van der Waals surface area contributed by atoms with Gasteiger partial charge >= 0.3 is 0 Å². The number of carbonyl (C=O) groups is 1. The maximum absolute atomic E-state index is 13.4. The normalized spacial score (nSPS) is 10.8. The van der Waals surface area contributed by atoms with Crippen LogP contribution in [0.2, 0.25) is 0 Å². The number of anilines is 1. The lowest BCUT2D eigenvalue weighted by atomic mass is 9.88. The number of hydrogen-bond acceptors (Lipinski definition) is 1. The van der Waals surface area contributed by atoms with Crippen LogP contribution in [0.1, 0.15) is 46.8 Å². The SMILES string of the molecule is C=C(c1ccccc1)c1cc(-c2ccccc2)cc(C(C)C)c1NC(=O)c1ccc(F)cc1. The Bertz CT molecular complexity index is 1280. The molecule has 0 bridgehead atoms. The Labute approximate surface area is 194 Å². The van der Waals surface area contributed by atoms with Crippen LogP contribution in [-0.2, 0) is 0 Å². The summed E-state index contributed by atoms with van der Waals surface area (Å²) < 4.78 is 13.4. The van der Waals surface area contributed by atoms with Gasteiger partial charge in [-0.1, -0.05) is 81.1 Å². The van der Waals surface area contributed by atoms with E-state index >= 15 is 0 Å². The maximum Gasteiger partial charge on any atom is 0.255 e. The van der Waals surface area contributed by atoms with Gasteiger partial charge in [-0.25, -0.2) is 4.39 Å². The van der Waals surface area contributed by atoms with Crippen molar-refractivity contribution in [2.45, 2.75) is 19.8 Å². The first-order valence-electron chi connectivity index (χ1n) is 11.0. The van der Waals surface area contributed by atoms with E-state index in [4.69, 9.17) is 0 Å². The standard InChI is InChI=1S/C30H26FNO/c1-20(2)27-18-25(23-12-8-5-9-13-23)19-28(21(3)22-10-6-4-7-11-22)29(27)32-30(33)24-14-16-26(31)17-15-24/h4-20H,3H2,1-2H3,(H,32,33). The first-order valence-corrected chi connectivity index (χ1v) is 11.0. The molecule has 0 aliphatic heterocycles. The number of hydrogen-bond donors (Lipinski definition) is 1. The molecule has 1 amide bonds. The molecule has 0 radical (unpaired) electrons. The highest BCUT2D eigenvalue weighted by molar-refractivity contribution is 6.07. The van der Waals surface area contributed by atoms with Crippen molar-refractivity contribution in [1.82, 2.24) is 0 Å². The average molecular weight is 436 g/mol. The molecule has 4 aromatic rings. The molecule has 0 heterocycles. The zero-order valence-corrected chi connectivity index (χ0v) is 18.8. The lowest BCUT2D eigenvalue weighted by Crippen LogP contribution is -2.15. The molecule has 0 spiro atoms. The van der Waals surface area contributed by atoms with Gasteiger partial charge in [0.15, 0.2) is 0 Å². The van der Waals surface area contributed by atoms with Gasteiger partial charge in [-0.05, 0) is 70.1 Å². The highest BCUT2D eigenvalue weighted by Gasteiger charge is 2.20. The zero-order valence-electron chi connectivity index (χ0n) is 18.8. The van der Waals surface area contributed by atoms with Crippen molar-refractivity contribution in [1.29, 1.82) is 0 Å². The number of nitrogens with one attached hydrogen (secondary N) is 1. The van der Waals surface area contributed by atoms with Gasteiger partial charge in [0.2, 0.25) is 0 Å². The van der Waals surface area contributed by atoms with E-state index in [2.05, 4.69) is 50.0 Å². The summed E-state index contributed by atoms with van der Waals surface area (Å²) in [7, 11) is 0. The number of halogens is 1. The van der Waals surface area contributed by atoms with Crippen LogP contribution in [0.3, 0.4) is 0 Å². The van der Waals surface area contributed by atoms with E-state index in [-0.39, 0.29) is 17.6 Å². The molecule has 0 aliphatic carbocycles. The lowest BCUT2D eigenvalue weighted by Gasteiger charge is -2.22. The predicted molar refractivity (Wildman–Crippen MR) is 135 cm³/mol. The lowest BCUT2D eigenvalue weighted by molar-refractivity contribution is 0.102. The Morgan fingerprint density at radius 3 is 2.00 bits per heavy atom. The molecule has 0 unspecified atom stereocenters. The second-order valence-electron chi connectivity index (χ2n) is 8.31. The van der Waals surface area contributed by atoms with Crippen LogP contribution in [0.15, 0.2) is 104 Å². The number of carbonyl (C=O) groups excluding carboxylic acids is 1. The van der Waals surface area contributed by atoms with E-state index in [1.807, 2.05) is 48.5 Å². The summed E-state index contributed by atoms with van der Waals surface area (Å²) in [6, 6.07) is 29.9. The van der Waals surface area contributed by atoms with E-state index in [1.165, 1.54) is 24.3 Å². The van der Waals surface area contributed by atoms with E-state index in [0.717, 1.165) is 39.1 Å². The van der Waals surface area contributed by atoms with Crippen LogP contribution >= 0.6 is 0 Å². The quantitative estimate of drug-likeness (QED) is 0.327. The second-order valence-corrected chi connectivity index (χ2v) is 8.31. The van der Waals surface area contributed by atoms with E-state index < -0.39 is 0 Å². The van der Waals surface area contributed by atoms with Crippen LogP contribution in [0.5, 0.6) is 0 Å². The van der Waals surface area contributed by atoms with Gasteiger partial charge in [-0.3, -0.25) is 4.79 Å². The first kappa shape index (κ1) is 22.2. The fraction of sp³-hybridized carbons (Fsp3) is 0.100. The zero-order chi connectivity index (χ0) is 23.4. The molecule has 0 saturated carbocycles. The van der Waals surface area contributed by atoms with Crippen molar-refractivity contribution in [3.63, 3.8) is 0 Å². The highest BCUT2D eigenvalue weighted by atomic mass is 19.1. The van der Waals surface area contributed by atoms with Crippen molar-refractivity contribution >= 4 is 17.2 Å². The molecular weight excluding hydrogens is 409 g/mol. The summed E-state index contributed by atoms with van der Waals surface area (Å²) in [5.41, 5.74) is 6.96. The molecule has 4 rings (SSSR count). The van der Waals surface area contributed by atoms with Gasteiger partial charge in [0.05, 0.1) is 5.69 Å². The Hall–Kier alpha value is -3.98. The topological polar surface area (TPSA) is 29.1 Å². The molecule has 0 fully saturated rings. The molecule has 0 aromatic heterocycles. The van der Waals surface area contributed by atoms with Gasteiger partial charge in [0.25, 0.3) is 5.91 Å². The van der Waals surface area contributed by atoms with E-state index in [9.17, 15) is 9.18 Å². The monoisotopic (exact) mass is 435 g/mol. The fourth-order valence-corrected chi connectivity index (χ4v) is 3.88. The highest BCUT2D eigenvalue weighted by Crippen LogP contribution is 2.38. The summed E-state index contributed by atoms with van der Waals surface area (Å²) in [5.74, 6) is -0.509. The maximum atomic E-state index is 13.4. The van der Waals surface area contributed by atoms with Gasteiger partial charge in [0, 0.05) is 11.1 Å². The van der Waals surface area contributed by atoms with Crippen molar-refractivity contribution in [2.75, 3.05) is 5.32 Å². The fourth-order valence-electron chi connectivity index (χ4n) is 3.88. The number of amides is 1. The van der Waals surface area contributed by atoms with Gasteiger partial charge < -0.3 is 5.32 Å². The second kappa shape index (κ2) is 9.66. The van der Waals surface area contributed by atoms with Gasteiger partial charge in [-0.2, -0.15) is 0 Å². The average Bonchev–Trinajstić information content (AvgIpc) is 2.85. The molecule has 4 aromatic carbocycles. The molecule has 0 atom stereocenters. The Kier molecular flexibility index (Phi) is 6.50. The summed E-state index contributed by atoms with van der Waals surface area (Å²) in [6.45, 7) is 8.59. The number of benzene rings is 4. The predicted octanol–water partition coefficient (Wildman–Crippen LogP) is 7.93. The Morgan fingerprint density at radius 2 is 1.39 bits per heavy atom. The van der Waals surface area contributed by atoms with Crippen molar-refractivity contribution < 1.29 is 9.18 Å². The minimum atomic E-state index is -0.375. The molecule has 0 saturated heterocycles. The summed E-state index contributed by atoms with van der Waals surface area (Å²) in [6.07, 6.45) is 0. The van der Waals surface area contributed by atoms with Crippen LogP contribution in [0, 0.1) is 5.82 Å². The molecular formula is C30H26FNO. The third kappa shape index (κ3) is 4.93. The van der Waals surface area contributed by atoms with E-state index in [1.54, 1.807) is 0 Å². The van der Waals surface area contributed by atoms with Crippen molar-refractivity contribution in [2.24, 2.45) is 0 Å². The summed E-state index contributed by atoms with van der Waals surface area (Å²) in [4.78, 5) is 13.1. The van der Waals surface area contributed by atoms with Crippen molar-refractivity contribution in [3.05, 3.63) is 132 Å². The minimum absolute atomic E-state index is 0.152. The van der Waals surface area contributed by atoms with Crippen LogP contribution in [0.4, 0.5) is 10.1 Å². The molecule has 3 heteroatoms. The number of rotatable bonds is 6. The van der Waals surface area contributed by atoms with Gasteiger partial charge in [0.1, 0.15) is 5.82 Å². The molecule has 0 aliphatic rings. The van der Waals surface area contributed by atoms with Crippen LogP contribution < -0.4 is 5.32 Å². The molecule has 1 N–H and O–H groups in total. The largest absolute Gasteiger partial charge is 0.321 e. The van der Waals surface area contributed by atoms with Crippen molar-refractivity contribution in [3.8, 4) is 11.1 Å². The summed E-state index contributed by atoms with van der Waals surface area (Å²) >= 11 is 0. The first-order chi connectivity index (χ1) is 15.9.